The lowest BCUT2D eigenvalue weighted by atomic mass is 9.46. The Morgan fingerprint density at radius 3 is 2.10 bits per heavy atom. The monoisotopic (exact) mass is 570 g/mol. The summed E-state index contributed by atoms with van der Waals surface area (Å²) in [5.74, 6) is -5.79. The van der Waals surface area contributed by atoms with Crippen molar-refractivity contribution in [3.8, 4) is 0 Å². The summed E-state index contributed by atoms with van der Waals surface area (Å²) < 4.78 is 17.0. The van der Waals surface area contributed by atoms with E-state index in [1.165, 1.54) is 19.1 Å². The molecule has 3 aliphatic rings. The van der Waals surface area contributed by atoms with E-state index in [0.717, 1.165) is 13.8 Å². The van der Waals surface area contributed by atoms with Crippen LogP contribution in [0.2, 0.25) is 0 Å². The number of hydrogen-bond acceptors (Lipinski definition) is 10. The smallest absolute Gasteiger partial charge is 0.338 e. The number of carbonyl (C=O) groups is 5. The lowest BCUT2D eigenvalue weighted by molar-refractivity contribution is -0.219. The fourth-order valence-corrected chi connectivity index (χ4v) is 7.16. The number of Topliss-reactive ketones (excluding diaryl/α,β-unsaturated/α-hetero) is 2. The zero-order chi connectivity index (χ0) is 30.7. The molecule has 1 aromatic carbocycles. The summed E-state index contributed by atoms with van der Waals surface area (Å²) >= 11 is 0. The van der Waals surface area contributed by atoms with Gasteiger partial charge in [0.1, 0.15) is 11.7 Å². The summed E-state index contributed by atoms with van der Waals surface area (Å²) in [6, 6.07) is 7.99. The molecule has 0 aliphatic heterocycles. The average molecular weight is 571 g/mol. The van der Waals surface area contributed by atoms with Crippen LogP contribution in [-0.2, 0) is 33.4 Å². The van der Waals surface area contributed by atoms with Crippen molar-refractivity contribution in [2.75, 3.05) is 0 Å². The van der Waals surface area contributed by atoms with Crippen LogP contribution in [0.3, 0.4) is 0 Å². The first kappa shape index (κ1) is 30.6. The first-order valence-corrected chi connectivity index (χ1v) is 13.8. The molecule has 0 heterocycles. The molecule has 0 spiro atoms. The number of carbonyl (C=O) groups excluding carboxylic acids is 5. The van der Waals surface area contributed by atoms with Gasteiger partial charge in [0.25, 0.3) is 0 Å². The molecule has 10 heteroatoms. The van der Waals surface area contributed by atoms with Gasteiger partial charge in [0.05, 0.1) is 17.6 Å². The number of ether oxygens (including phenoxy) is 3. The summed E-state index contributed by atoms with van der Waals surface area (Å²) in [6.07, 6.45) is -6.10. The lowest BCUT2D eigenvalue weighted by Gasteiger charge is -2.60. The van der Waals surface area contributed by atoms with E-state index in [9.17, 15) is 34.2 Å². The molecule has 1 aromatic rings. The van der Waals surface area contributed by atoms with Crippen LogP contribution in [0.4, 0.5) is 0 Å². The molecule has 2 saturated carbocycles. The minimum absolute atomic E-state index is 0.00816. The van der Waals surface area contributed by atoms with Gasteiger partial charge in [0, 0.05) is 31.1 Å². The van der Waals surface area contributed by atoms with E-state index < -0.39 is 82.2 Å². The number of aliphatic hydroxyl groups is 2. The highest BCUT2D eigenvalue weighted by molar-refractivity contribution is 6.01. The third kappa shape index (κ3) is 4.70. The van der Waals surface area contributed by atoms with Crippen LogP contribution in [0, 0.1) is 22.7 Å². The number of esters is 3. The SMILES string of the molecule is CC(=O)O[C@H]1C(=O)[C@@]2(C)C(C(=O)[C@@H](OC(C)=O)C[C@@H]2C)[C@H](OC(=O)c2ccccc2)[C@]2(O)C[C@H](O)C(C)=C1C2(C)C. The van der Waals surface area contributed by atoms with Crippen LogP contribution in [0.15, 0.2) is 41.5 Å². The van der Waals surface area contributed by atoms with Crippen molar-refractivity contribution in [3.63, 3.8) is 0 Å². The Kier molecular flexibility index (Phi) is 7.81. The van der Waals surface area contributed by atoms with Crippen molar-refractivity contribution in [3.05, 3.63) is 47.0 Å². The molecule has 222 valence electrons. The molecule has 4 rings (SSSR count). The highest BCUT2D eigenvalue weighted by Crippen LogP contribution is 2.60. The maximum absolute atomic E-state index is 14.6. The molecule has 2 bridgehead atoms. The van der Waals surface area contributed by atoms with Crippen LogP contribution < -0.4 is 0 Å². The standard InChI is InChI=1S/C31H38O10/c1-15-13-21(39-17(3)32)24(35)23-27(41-28(37)19-11-9-8-10-12-19)31(38)14-20(34)16(2)22(29(31,5)6)25(40-18(4)33)26(36)30(15,23)7/h8-12,15,20-21,23,25,27,34,38H,13-14H2,1-7H3/t15-,20-,21-,23?,25+,27-,30+,31+/m0/s1. The second-order valence-electron chi connectivity index (χ2n) is 12.3. The predicted octanol–water partition coefficient (Wildman–Crippen LogP) is 2.73. The summed E-state index contributed by atoms with van der Waals surface area (Å²) in [4.78, 5) is 66.7. The maximum Gasteiger partial charge on any atom is 0.338 e. The Morgan fingerprint density at radius 1 is 0.951 bits per heavy atom. The number of hydrogen-bond donors (Lipinski definition) is 2. The van der Waals surface area contributed by atoms with Gasteiger partial charge >= 0.3 is 17.9 Å². The minimum Gasteiger partial charge on any atom is -0.455 e. The molecule has 2 N–H and O–H groups in total. The highest BCUT2D eigenvalue weighted by atomic mass is 16.6. The van der Waals surface area contributed by atoms with Crippen molar-refractivity contribution >= 4 is 29.5 Å². The van der Waals surface area contributed by atoms with E-state index in [2.05, 4.69) is 0 Å². The second kappa shape index (κ2) is 10.5. The van der Waals surface area contributed by atoms with Crippen LogP contribution in [0.5, 0.6) is 0 Å². The third-order valence-corrected chi connectivity index (χ3v) is 9.69. The minimum atomic E-state index is -2.12. The van der Waals surface area contributed by atoms with Crippen LogP contribution in [0.1, 0.15) is 71.7 Å². The van der Waals surface area contributed by atoms with Gasteiger partial charge in [-0.25, -0.2) is 4.79 Å². The van der Waals surface area contributed by atoms with E-state index in [4.69, 9.17) is 14.2 Å². The molecule has 8 atom stereocenters. The van der Waals surface area contributed by atoms with Crippen molar-refractivity contribution < 1.29 is 48.4 Å². The predicted molar refractivity (Wildman–Crippen MR) is 144 cm³/mol. The lowest BCUT2D eigenvalue weighted by Crippen LogP contribution is -2.72. The molecule has 3 aliphatic carbocycles. The number of rotatable bonds is 4. The van der Waals surface area contributed by atoms with E-state index >= 15 is 0 Å². The Labute approximate surface area is 239 Å². The van der Waals surface area contributed by atoms with Crippen LogP contribution in [0.25, 0.3) is 0 Å². The van der Waals surface area contributed by atoms with Crippen LogP contribution >= 0.6 is 0 Å². The van der Waals surface area contributed by atoms with Gasteiger partial charge in [-0.3, -0.25) is 19.2 Å². The van der Waals surface area contributed by atoms with E-state index in [1.54, 1.807) is 45.9 Å². The third-order valence-electron chi connectivity index (χ3n) is 9.69. The van der Waals surface area contributed by atoms with E-state index in [1.807, 2.05) is 0 Å². The molecule has 41 heavy (non-hydrogen) atoms. The Morgan fingerprint density at radius 2 is 1.54 bits per heavy atom. The molecular formula is C31H38O10. The summed E-state index contributed by atoms with van der Waals surface area (Å²) in [6.45, 7) is 10.4. The molecule has 0 saturated heterocycles. The van der Waals surface area contributed by atoms with Gasteiger partial charge in [0.2, 0.25) is 0 Å². The molecule has 1 unspecified atom stereocenters. The zero-order valence-corrected chi connectivity index (χ0v) is 24.4. The Bertz CT molecular complexity index is 1310. The largest absolute Gasteiger partial charge is 0.455 e. The number of aliphatic hydroxyl groups excluding tert-OH is 1. The Hall–Kier alpha value is -3.37. The van der Waals surface area contributed by atoms with Crippen molar-refractivity contribution in [1.29, 1.82) is 0 Å². The molecule has 10 nitrogen and oxygen atoms in total. The number of ketones is 2. The van der Waals surface area contributed by atoms with E-state index in [0.29, 0.717) is 5.57 Å². The van der Waals surface area contributed by atoms with E-state index in [-0.39, 0.29) is 24.0 Å². The van der Waals surface area contributed by atoms with Gasteiger partial charge < -0.3 is 24.4 Å². The van der Waals surface area contributed by atoms with Crippen molar-refractivity contribution in [2.24, 2.45) is 22.7 Å². The summed E-state index contributed by atoms with van der Waals surface area (Å²) in [7, 11) is 0. The fourth-order valence-electron chi connectivity index (χ4n) is 7.16. The molecule has 0 radical (unpaired) electrons. The maximum atomic E-state index is 14.6. The quantitative estimate of drug-likeness (QED) is 0.314. The van der Waals surface area contributed by atoms with Gasteiger partial charge in [-0.1, -0.05) is 45.9 Å². The zero-order valence-electron chi connectivity index (χ0n) is 24.4. The van der Waals surface area contributed by atoms with Gasteiger partial charge in [-0.15, -0.1) is 0 Å². The molecule has 0 amide bonds. The van der Waals surface area contributed by atoms with Gasteiger partial charge in [0.15, 0.2) is 23.8 Å². The van der Waals surface area contributed by atoms with Crippen LogP contribution in [-0.4, -0.2) is 69.7 Å². The fraction of sp³-hybridized carbons (Fsp3) is 0.581. The van der Waals surface area contributed by atoms with Gasteiger partial charge in [-0.05, 0) is 42.5 Å². The molecule has 0 aromatic heterocycles. The normalized spacial score (nSPS) is 36.4. The topological polar surface area (TPSA) is 154 Å². The molecular weight excluding hydrogens is 532 g/mol. The summed E-state index contributed by atoms with van der Waals surface area (Å²) in [5.41, 5.74) is -4.49. The summed E-state index contributed by atoms with van der Waals surface area (Å²) in [5, 5.41) is 23.8. The first-order chi connectivity index (χ1) is 19.0. The number of benzene rings is 1. The second-order valence-corrected chi connectivity index (χ2v) is 12.3. The highest BCUT2D eigenvalue weighted by Gasteiger charge is 2.71. The number of fused-ring (bicyclic) bond motifs is 3. The average Bonchev–Trinajstić information content (AvgIpc) is 2.88. The van der Waals surface area contributed by atoms with Crippen molar-refractivity contribution in [2.45, 2.75) is 91.3 Å². The Balaban J connectivity index is 2.04. The molecule has 2 fully saturated rings. The van der Waals surface area contributed by atoms with Crippen molar-refractivity contribution in [1.82, 2.24) is 0 Å². The first-order valence-electron chi connectivity index (χ1n) is 13.8. The van der Waals surface area contributed by atoms with Gasteiger partial charge in [-0.2, -0.15) is 0 Å².